The van der Waals surface area contributed by atoms with Crippen LogP contribution in [-0.4, -0.2) is 60.2 Å². The third-order valence-electron chi connectivity index (χ3n) is 6.14. The van der Waals surface area contributed by atoms with E-state index in [0.29, 0.717) is 38.5 Å². The van der Waals surface area contributed by atoms with E-state index in [4.69, 9.17) is 4.42 Å². The van der Waals surface area contributed by atoms with Crippen LogP contribution in [0.15, 0.2) is 65.3 Å². The topological polar surface area (TPSA) is 74.1 Å². The van der Waals surface area contributed by atoms with Crippen molar-refractivity contribution in [1.29, 1.82) is 0 Å². The van der Waals surface area contributed by atoms with E-state index in [1.54, 1.807) is 26.8 Å². The number of benzene rings is 2. The van der Waals surface area contributed by atoms with Crippen LogP contribution >= 0.6 is 0 Å². The summed E-state index contributed by atoms with van der Waals surface area (Å²) in [6, 6.07) is 17.2. The average Bonchev–Trinajstić information content (AvgIpc) is 3.48. The number of furan rings is 1. The van der Waals surface area contributed by atoms with Crippen molar-refractivity contribution in [1.82, 2.24) is 9.80 Å². The van der Waals surface area contributed by atoms with Gasteiger partial charge in [-0.2, -0.15) is 0 Å². The highest BCUT2D eigenvalue weighted by Gasteiger charge is 2.38. The molecule has 1 atom stereocenters. The van der Waals surface area contributed by atoms with Crippen molar-refractivity contribution >= 4 is 34.2 Å². The molecule has 1 aromatic heterocycles. The number of nitrogens with zero attached hydrogens (tertiary/aromatic N) is 3. The number of carbonyl (C=O) groups is 3. The fourth-order valence-electron chi connectivity index (χ4n) is 4.49. The Morgan fingerprint density at radius 3 is 2.39 bits per heavy atom. The van der Waals surface area contributed by atoms with Gasteiger partial charge in [-0.05, 0) is 23.6 Å². The van der Waals surface area contributed by atoms with E-state index >= 15 is 0 Å². The second-order valence-electron chi connectivity index (χ2n) is 8.00. The van der Waals surface area contributed by atoms with Crippen LogP contribution in [0, 0.1) is 5.92 Å². The average molecular weight is 417 g/mol. The molecule has 0 spiro atoms. The van der Waals surface area contributed by atoms with Crippen molar-refractivity contribution in [2.75, 3.05) is 37.6 Å². The first-order chi connectivity index (χ1) is 15.1. The van der Waals surface area contributed by atoms with E-state index in [0.717, 1.165) is 16.5 Å². The summed E-state index contributed by atoms with van der Waals surface area (Å²) in [4.78, 5) is 43.5. The minimum Gasteiger partial charge on any atom is -0.459 e. The largest absolute Gasteiger partial charge is 0.459 e. The maximum Gasteiger partial charge on any atom is 0.289 e. The Morgan fingerprint density at radius 1 is 0.871 bits per heavy atom. The van der Waals surface area contributed by atoms with Crippen LogP contribution < -0.4 is 4.90 Å². The molecule has 0 saturated carbocycles. The van der Waals surface area contributed by atoms with Crippen molar-refractivity contribution in [3.63, 3.8) is 0 Å². The molecule has 2 aliphatic heterocycles. The van der Waals surface area contributed by atoms with Gasteiger partial charge in [0, 0.05) is 44.5 Å². The minimum atomic E-state index is -0.362. The van der Waals surface area contributed by atoms with Gasteiger partial charge < -0.3 is 19.1 Å². The van der Waals surface area contributed by atoms with Crippen molar-refractivity contribution in [3.05, 3.63) is 66.6 Å². The lowest BCUT2D eigenvalue weighted by molar-refractivity contribution is -0.137. The lowest BCUT2D eigenvalue weighted by atomic mass is 10.1. The maximum absolute atomic E-state index is 13.1. The van der Waals surface area contributed by atoms with E-state index in [9.17, 15) is 14.4 Å². The molecule has 7 nitrogen and oxygen atoms in total. The van der Waals surface area contributed by atoms with Gasteiger partial charge in [-0.3, -0.25) is 14.4 Å². The Balaban J connectivity index is 1.25. The number of anilines is 1. The predicted octanol–water partition coefficient (Wildman–Crippen LogP) is 2.77. The van der Waals surface area contributed by atoms with Gasteiger partial charge in [0.2, 0.25) is 11.8 Å². The molecule has 2 fully saturated rings. The zero-order valence-electron chi connectivity index (χ0n) is 17.1. The fourth-order valence-corrected chi connectivity index (χ4v) is 4.49. The number of fused-ring (bicyclic) bond motifs is 1. The molecule has 3 amide bonds. The summed E-state index contributed by atoms with van der Waals surface area (Å²) in [5, 5.41) is 2.08. The Kier molecular flexibility index (Phi) is 4.94. The van der Waals surface area contributed by atoms with E-state index in [1.807, 2.05) is 42.5 Å². The summed E-state index contributed by atoms with van der Waals surface area (Å²) in [5.74, 6) is -0.247. The number of amides is 3. The molecule has 2 aromatic carbocycles. The third kappa shape index (κ3) is 3.56. The molecule has 3 heterocycles. The molecular formula is C24H23N3O4. The molecule has 7 heteroatoms. The Bertz CT molecular complexity index is 1130. The molecule has 0 unspecified atom stereocenters. The van der Waals surface area contributed by atoms with Crippen LogP contribution in [0.4, 0.5) is 5.69 Å². The van der Waals surface area contributed by atoms with Crippen LogP contribution in [0.25, 0.3) is 10.8 Å². The van der Waals surface area contributed by atoms with Crippen LogP contribution in [-0.2, 0) is 9.59 Å². The molecule has 31 heavy (non-hydrogen) atoms. The summed E-state index contributed by atoms with van der Waals surface area (Å²) in [5.41, 5.74) is 0.854. The molecule has 2 saturated heterocycles. The van der Waals surface area contributed by atoms with Crippen molar-refractivity contribution < 1.29 is 18.8 Å². The van der Waals surface area contributed by atoms with Crippen LogP contribution in [0.2, 0.25) is 0 Å². The molecular weight excluding hydrogens is 394 g/mol. The van der Waals surface area contributed by atoms with Crippen molar-refractivity contribution in [3.8, 4) is 0 Å². The lowest BCUT2D eigenvalue weighted by Crippen LogP contribution is -2.52. The van der Waals surface area contributed by atoms with Gasteiger partial charge in [-0.1, -0.05) is 36.4 Å². The van der Waals surface area contributed by atoms with Gasteiger partial charge in [0.05, 0.1) is 17.9 Å². The fraction of sp³-hybridized carbons (Fsp3) is 0.292. The van der Waals surface area contributed by atoms with Gasteiger partial charge in [-0.25, -0.2) is 0 Å². The van der Waals surface area contributed by atoms with Crippen molar-refractivity contribution in [2.24, 2.45) is 5.92 Å². The summed E-state index contributed by atoms with van der Waals surface area (Å²) >= 11 is 0. The van der Waals surface area contributed by atoms with Gasteiger partial charge >= 0.3 is 0 Å². The van der Waals surface area contributed by atoms with Crippen LogP contribution in [0.1, 0.15) is 17.0 Å². The summed E-state index contributed by atoms with van der Waals surface area (Å²) in [6.45, 7) is 2.23. The number of hydrogen-bond donors (Lipinski definition) is 0. The van der Waals surface area contributed by atoms with Gasteiger partial charge in [0.15, 0.2) is 5.76 Å². The highest BCUT2D eigenvalue weighted by Crippen LogP contribution is 2.32. The molecule has 2 aliphatic rings. The van der Waals surface area contributed by atoms with Gasteiger partial charge in [-0.15, -0.1) is 0 Å². The smallest absolute Gasteiger partial charge is 0.289 e. The summed E-state index contributed by atoms with van der Waals surface area (Å²) in [6.07, 6.45) is 1.69. The standard InChI is InChI=1S/C24H23N3O4/c28-22-15-18(16-27(22)20-8-3-6-17-5-1-2-7-19(17)20)23(29)25-10-12-26(13-11-25)24(30)21-9-4-14-31-21/h1-9,14,18H,10-13,15-16H2/t18-/m1/s1. The van der Waals surface area contributed by atoms with E-state index in [1.165, 1.54) is 6.26 Å². The molecule has 158 valence electrons. The quantitative estimate of drug-likeness (QED) is 0.657. The Labute approximate surface area is 179 Å². The number of rotatable bonds is 3. The highest BCUT2D eigenvalue weighted by atomic mass is 16.3. The zero-order valence-corrected chi connectivity index (χ0v) is 17.1. The van der Waals surface area contributed by atoms with E-state index < -0.39 is 0 Å². The van der Waals surface area contributed by atoms with E-state index in [-0.39, 0.29) is 30.1 Å². The second-order valence-corrected chi connectivity index (χ2v) is 8.00. The molecule has 3 aromatic rings. The Hall–Kier alpha value is -3.61. The predicted molar refractivity (Wildman–Crippen MR) is 116 cm³/mol. The number of piperazine rings is 1. The third-order valence-corrected chi connectivity index (χ3v) is 6.14. The number of carbonyl (C=O) groups excluding carboxylic acids is 3. The molecule has 0 bridgehead atoms. The monoisotopic (exact) mass is 417 g/mol. The zero-order chi connectivity index (χ0) is 21.4. The van der Waals surface area contributed by atoms with Gasteiger partial charge in [0.1, 0.15) is 0 Å². The SMILES string of the molecule is O=C(c1ccco1)N1CCN(C(=O)[C@@H]2CC(=O)N(c3cccc4ccccc34)C2)CC1. The first kappa shape index (κ1) is 19.4. The molecule has 0 N–H and O–H groups in total. The first-order valence-electron chi connectivity index (χ1n) is 10.5. The molecule has 5 rings (SSSR count). The Morgan fingerprint density at radius 2 is 1.61 bits per heavy atom. The van der Waals surface area contributed by atoms with Crippen LogP contribution in [0.5, 0.6) is 0 Å². The molecule has 0 radical (unpaired) electrons. The molecule has 0 aliphatic carbocycles. The minimum absolute atomic E-state index is 0.0128. The van der Waals surface area contributed by atoms with Crippen molar-refractivity contribution in [2.45, 2.75) is 6.42 Å². The number of hydrogen-bond acceptors (Lipinski definition) is 4. The summed E-state index contributed by atoms with van der Waals surface area (Å²) < 4.78 is 5.19. The lowest BCUT2D eigenvalue weighted by Gasteiger charge is -2.35. The second kappa shape index (κ2) is 7.91. The van der Waals surface area contributed by atoms with E-state index in [2.05, 4.69) is 0 Å². The normalized spacial score (nSPS) is 19.3. The highest BCUT2D eigenvalue weighted by molar-refractivity contribution is 6.07. The summed E-state index contributed by atoms with van der Waals surface area (Å²) in [7, 11) is 0. The first-order valence-corrected chi connectivity index (χ1v) is 10.5. The van der Waals surface area contributed by atoms with Crippen LogP contribution in [0.3, 0.4) is 0 Å². The maximum atomic E-state index is 13.1. The van der Waals surface area contributed by atoms with Gasteiger partial charge in [0.25, 0.3) is 5.91 Å².